The summed E-state index contributed by atoms with van der Waals surface area (Å²) < 4.78 is 0. The summed E-state index contributed by atoms with van der Waals surface area (Å²) in [6.45, 7) is 3.96. The molecule has 28 heavy (non-hydrogen) atoms. The number of benzene rings is 2. The van der Waals surface area contributed by atoms with Crippen LogP contribution in [-0.4, -0.2) is 23.2 Å². The average molecular weight is 391 g/mol. The van der Waals surface area contributed by atoms with Crippen molar-refractivity contribution in [1.29, 1.82) is 0 Å². The van der Waals surface area contributed by atoms with Crippen molar-refractivity contribution in [2.75, 3.05) is 16.8 Å². The number of ketones is 1. The fourth-order valence-corrected chi connectivity index (χ4v) is 4.20. The van der Waals surface area contributed by atoms with E-state index < -0.39 is 0 Å². The van der Waals surface area contributed by atoms with Crippen molar-refractivity contribution in [2.24, 2.45) is 0 Å². The number of carbonyl (C=O) groups is 2. The van der Waals surface area contributed by atoms with Crippen molar-refractivity contribution in [3.8, 4) is 11.3 Å². The lowest BCUT2D eigenvalue weighted by atomic mass is 9.98. The third-order valence-electron chi connectivity index (χ3n) is 4.92. The molecule has 1 N–H and O–H groups in total. The van der Waals surface area contributed by atoms with Crippen molar-refractivity contribution in [2.45, 2.75) is 26.7 Å². The summed E-state index contributed by atoms with van der Waals surface area (Å²) in [6.07, 6.45) is 1.96. The third kappa shape index (κ3) is 3.68. The van der Waals surface area contributed by atoms with E-state index in [0.717, 1.165) is 47.2 Å². The van der Waals surface area contributed by atoms with Crippen LogP contribution in [0, 0.1) is 0 Å². The van der Waals surface area contributed by atoms with Crippen LogP contribution in [0.2, 0.25) is 0 Å². The maximum atomic E-state index is 11.8. The lowest BCUT2D eigenvalue weighted by molar-refractivity contribution is -0.116. The van der Waals surface area contributed by atoms with Gasteiger partial charge in [0, 0.05) is 41.4 Å². The van der Waals surface area contributed by atoms with Crippen molar-refractivity contribution >= 4 is 39.5 Å². The minimum absolute atomic E-state index is 0.0545. The van der Waals surface area contributed by atoms with E-state index in [-0.39, 0.29) is 11.7 Å². The summed E-state index contributed by atoms with van der Waals surface area (Å²) in [5, 5.41) is 6.11. The summed E-state index contributed by atoms with van der Waals surface area (Å²) >= 11 is 1.54. The number of nitrogens with zero attached hydrogens (tertiary/aromatic N) is 2. The Kier molecular flexibility index (Phi) is 4.96. The number of thiazole rings is 1. The van der Waals surface area contributed by atoms with Gasteiger partial charge in [-0.2, -0.15) is 0 Å². The molecule has 0 unspecified atom stereocenters. The molecule has 6 heteroatoms. The zero-order valence-corrected chi connectivity index (χ0v) is 16.7. The molecule has 0 radical (unpaired) electrons. The molecule has 4 rings (SSSR count). The number of Topliss-reactive ketones (excluding diaryl/α,β-unsaturated/α-hetero) is 1. The first kappa shape index (κ1) is 18.4. The Labute approximate surface area is 168 Å². The van der Waals surface area contributed by atoms with Gasteiger partial charge in [0.25, 0.3) is 0 Å². The quantitative estimate of drug-likeness (QED) is 0.632. The van der Waals surface area contributed by atoms with Gasteiger partial charge in [-0.15, -0.1) is 11.3 Å². The van der Waals surface area contributed by atoms with Crippen molar-refractivity contribution in [3.05, 3.63) is 59.0 Å². The van der Waals surface area contributed by atoms with Crippen LogP contribution < -0.4 is 10.2 Å². The molecule has 1 aliphatic rings. The van der Waals surface area contributed by atoms with E-state index in [0.29, 0.717) is 5.56 Å². The fraction of sp³-hybridized carbons (Fsp3) is 0.227. The number of aryl methyl sites for hydroxylation is 1. The number of nitrogens with one attached hydrogen (secondary N) is 1. The molecule has 2 aromatic carbocycles. The monoisotopic (exact) mass is 391 g/mol. The molecular weight excluding hydrogens is 370 g/mol. The Balaban J connectivity index is 1.54. The molecule has 5 nitrogen and oxygen atoms in total. The lowest BCUT2D eigenvalue weighted by Crippen LogP contribution is -2.33. The molecule has 3 aromatic rings. The Morgan fingerprint density at radius 1 is 1.11 bits per heavy atom. The maximum absolute atomic E-state index is 11.8. The highest BCUT2D eigenvalue weighted by molar-refractivity contribution is 7.14. The van der Waals surface area contributed by atoms with E-state index in [2.05, 4.69) is 11.4 Å². The fourth-order valence-electron chi connectivity index (χ4n) is 3.46. The normalized spacial score (nSPS) is 13.1. The number of amides is 1. The summed E-state index contributed by atoms with van der Waals surface area (Å²) in [5.41, 5.74) is 5.77. The highest BCUT2D eigenvalue weighted by Gasteiger charge is 2.20. The Morgan fingerprint density at radius 3 is 2.61 bits per heavy atom. The summed E-state index contributed by atoms with van der Waals surface area (Å²) in [4.78, 5) is 29.8. The Bertz CT molecular complexity index is 1040. The number of carbonyl (C=O) groups excluding carboxylic acids is 2. The molecule has 0 saturated carbocycles. The number of hydrogen-bond acceptors (Lipinski definition) is 5. The van der Waals surface area contributed by atoms with E-state index in [1.807, 2.05) is 46.7 Å². The minimum atomic E-state index is 0.0545. The number of fused-ring (bicyclic) bond motifs is 1. The van der Waals surface area contributed by atoms with Crippen LogP contribution in [0.5, 0.6) is 0 Å². The third-order valence-corrected chi connectivity index (χ3v) is 5.68. The van der Waals surface area contributed by atoms with Gasteiger partial charge >= 0.3 is 0 Å². The molecule has 142 valence electrons. The first-order chi connectivity index (χ1) is 13.5. The smallest absolute Gasteiger partial charge is 0.223 e. The average Bonchev–Trinajstić information content (AvgIpc) is 3.16. The van der Waals surface area contributed by atoms with Crippen LogP contribution in [-0.2, 0) is 11.2 Å². The SMILES string of the molecule is CC(=O)c1ccc(Nc2nc(-c3ccc4c(c3)CCCN4C(C)=O)cs2)cc1. The molecule has 1 aliphatic heterocycles. The van der Waals surface area contributed by atoms with Crippen molar-refractivity contribution in [1.82, 2.24) is 4.98 Å². The van der Waals surface area contributed by atoms with Crippen LogP contribution in [0.4, 0.5) is 16.5 Å². The first-order valence-corrected chi connectivity index (χ1v) is 10.1. The van der Waals surface area contributed by atoms with Gasteiger partial charge in [-0.25, -0.2) is 4.98 Å². The van der Waals surface area contributed by atoms with Gasteiger partial charge in [0.2, 0.25) is 5.91 Å². The lowest BCUT2D eigenvalue weighted by Gasteiger charge is -2.28. The Morgan fingerprint density at radius 2 is 1.89 bits per heavy atom. The second-order valence-corrected chi connectivity index (χ2v) is 7.77. The van der Waals surface area contributed by atoms with Crippen LogP contribution in [0.3, 0.4) is 0 Å². The number of anilines is 3. The summed E-state index contributed by atoms with van der Waals surface area (Å²) in [6, 6.07) is 13.6. The second-order valence-electron chi connectivity index (χ2n) is 6.91. The largest absolute Gasteiger partial charge is 0.332 e. The summed E-state index contributed by atoms with van der Waals surface area (Å²) in [5.74, 6) is 0.142. The molecule has 1 amide bonds. The number of rotatable bonds is 4. The molecule has 1 aromatic heterocycles. The molecular formula is C22H21N3O2S. The van der Waals surface area contributed by atoms with E-state index in [1.165, 1.54) is 16.9 Å². The zero-order valence-electron chi connectivity index (χ0n) is 15.9. The van der Waals surface area contributed by atoms with Gasteiger partial charge in [-0.05, 0) is 61.7 Å². The van der Waals surface area contributed by atoms with E-state index >= 15 is 0 Å². The first-order valence-electron chi connectivity index (χ1n) is 9.26. The zero-order chi connectivity index (χ0) is 19.7. The van der Waals surface area contributed by atoms with Gasteiger partial charge in [0.15, 0.2) is 10.9 Å². The summed E-state index contributed by atoms with van der Waals surface area (Å²) in [7, 11) is 0. The second kappa shape index (κ2) is 7.56. The van der Waals surface area contributed by atoms with Crippen molar-refractivity contribution < 1.29 is 9.59 Å². The maximum Gasteiger partial charge on any atom is 0.223 e. The van der Waals surface area contributed by atoms with Gasteiger partial charge in [-0.3, -0.25) is 9.59 Å². The van der Waals surface area contributed by atoms with Crippen LogP contribution in [0.1, 0.15) is 36.2 Å². The highest BCUT2D eigenvalue weighted by Crippen LogP contribution is 2.33. The standard InChI is InChI=1S/C22H21N3O2S/c1-14(26)16-5-8-19(9-6-16)23-22-24-20(13-28-22)17-7-10-21-18(12-17)4-3-11-25(21)15(2)27/h5-10,12-13H,3-4,11H2,1-2H3,(H,23,24). The van der Waals surface area contributed by atoms with Gasteiger partial charge in [0.05, 0.1) is 5.69 Å². The van der Waals surface area contributed by atoms with E-state index in [9.17, 15) is 9.59 Å². The van der Waals surface area contributed by atoms with Crippen LogP contribution in [0.25, 0.3) is 11.3 Å². The van der Waals surface area contributed by atoms with Gasteiger partial charge in [0.1, 0.15) is 0 Å². The Hall–Kier alpha value is -2.99. The number of hydrogen-bond donors (Lipinski definition) is 1. The predicted octanol–water partition coefficient (Wildman–Crippen LogP) is 5.06. The van der Waals surface area contributed by atoms with Crippen LogP contribution in [0.15, 0.2) is 47.8 Å². The molecule has 0 aliphatic carbocycles. The predicted molar refractivity (Wildman–Crippen MR) is 114 cm³/mol. The van der Waals surface area contributed by atoms with Gasteiger partial charge < -0.3 is 10.2 Å². The molecule has 0 spiro atoms. The van der Waals surface area contributed by atoms with Crippen molar-refractivity contribution in [3.63, 3.8) is 0 Å². The highest BCUT2D eigenvalue weighted by atomic mass is 32.1. The van der Waals surface area contributed by atoms with E-state index in [1.54, 1.807) is 13.8 Å². The van der Waals surface area contributed by atoms with Gasteiger partial charge in [-0.1, -0.05) is 6.07 Å². The number of aromatic nitrogens is 1. The molecule has 0 bridgehead atoms. The van der Waals surface area contributed by atoms with Crippen LogP contribution >= 0.6 is 11.3 Å². The minimum Gasteiger partial charge on any atom is -0.332 e. The molecule has 0 atom stereocenters. The van der Waals surface area contributed by atoms with E-state index in [4.69, 9.17) is 4.98 Å². The molecule has 2 heterocycles. The topological polar surface area (TPSA) is 62.3 Å². The molecule has 0 fully saturated rings. The molecule has 0 saturated heterocycles.